The Morgan fingerprint density at radius 3 is 3.07 bits per heavy atom. The molecule has 15 heavy (non-hydrogen) atoms. The van der Waals surface area contributed by atoms with Gasteiger partial charge >= 0.3 is 0 Å². The largest absolute Gasteiger partial charge is 0.391 e. The molecule has 0 spiro atoms. The third-order valence-electron chi connectivity index (χ3n) is 2.52. The van der Waals surface area contributed by atoms with E-state index in [1.165, 1.54) is 0 Å². The molecule has 1 aliphatic carbocycles. The van der Waals surface area contributed by atoms with Crippen LogP contribution in [-0.2, 0) is 0 Å². The topological polar surface area (TPSA) is 68.9 Å². The lowest BCUT2D eigenvalue weighted by atomic mass is 10.2. The lowest BCUT2D eigenvalue weighted by Crippen LogP contribution is -2.21. The maximum Gasteiger partial charge on any atom is 0.142 e. The normalized spacial score (nSPS) is 16.8. The second-order valence-electron chi connectivity index (χ2n) is 3.81. The number of aromatic nitrogens is 1. The van der Waals surface area contributed by atoms with Crippen molar-refractivity contribution in [2.24, 2.45) is 5.92 Å². The van der Waals surface area contributed by atoms with Gasteiger partial charge in [-0.15, -0.1) is 0 Å². The van der Waals surface area contributed by atoms with E-state index < -0.39 is 0 Å². The lowest BCUT2D eigenvalue weighted by Gasteiger charge is -2.10. The van der Waals surface area contributed by atoms with Crippen LogP contribution in [0.15, 0.2) is 18.2 Å². The summed E-state index contributed by atoms with van der Waals surface area (Å²) >= 11 is 0. The van der Waals surface area contributed by atoms with E-state index in [0.717, 1.165) is 12.8 Å². The van der Waals surface area contributed by atoms with Gasteiger partial charge in [0.1, 0.15) is 17.6 Å². The van der Waals surface area contributed by atoms with Gasteiger partial charge in [-0.2, -0.15) is 5.26 Å². The van der Waals surface area contributed by atoms with E-state index in [4.69, 9.17) is 5.26 Å². The number of pyridine rings is 1. The minimum absolute atomic E-state index is 0.294. The fourth-order valence-electron chi connectivity index (χ4n) is 1.45. The number of nitrogens with one attached hydrogen (secondary N) is 1. The van der Waals surface area contributed by atoms with Crippen molar-refractivity contribution in [1.82, 2.24) is 4.98 Å². The van der Waals surface area contributed by atoms with Gasteiger partial charge in [0.05, 0.1) is 6.10 Å². The van der Waals surface area contributed by atoms with Crippen LogP contribution in [0.3, 0.4) is 0 Å². The number of nitrogens with zero attached hydrogens (tertiary/aromatic N) is 2. The summed E-state index contributed by atoms with van der Waals surface area (Å²) < 4.78 is 0. The summed E-state index contributed by atoms with van der Waals surface area (Å²) in [5, 5.41) is 21.3. The van der Waals surface area contributed by atoms with Crippen molar-refractivity contribution in [1.29, 1.82) is 5.26 Å². The molecule has 78 valence electrons. The average Bonchev–Trinajstić information content (AvgIpc) is 3.10. The van der Waals surface area contributed by atoms with Gasteiger partial charge in [0.2, 0.25) is 0 Å². The SMILES string of the molecule is N#Cc1cccc(NCC(O)C2CC2)n1. The smallest absolute Gasteiger partial charge is 0.142 e. The third kappa shape index (κ3) is 2.67. The van der Waals surface area contributed by atoms with Crippen LogP contribution >= 0.6 is 0 Å². The molecule has 1 saturated carbocycles. The van der Waals surface area contributed by atoms with Crippen molar-refractivity contribution >= 4 is 5.82 Å². The molecule has 1 aliphatic rings. The van der Waals surface area contributed by atoms with Crippen LogP contribution in [0.25, 0.3) is 0 Å². The summed E-state index contributed by atoms with van der Waals surface area (Å²) in [6.45, 7) is 0.506. The number of aliphatic hydroxyl groups excluding tert-OH is 1. The highest BCUT2D eigenvalue weighted by molar-refractivity contribution is 5.38. The fraction of sp³-hybridized carbons (Fsp3) is 0.455. The maximum atomic E-state index is 9.62. The predicted molar refractivity (Wildman–Crippen MR) is 56.2 cm³/mol. The highest BCUT2D eigenvalue weighted by Gasteiger charge is 2.29. The highest BCUT2D eigenvalue weighted by Crippen LogP contribution is 2.32. The standard InChI is InChI=1S/C11H13N3O/c12-6-9-2-1-3-11(14-9)13-7-10(15)8-4-5-8/h1-3,8,10,15H,4-5,7H2,(H,13,14). The van der Waals surface area contributed by atoms with Gasteiger partial charge in [-0.3, -0.25) is 0 Å². The Morgan fingerprint density at radius 2 is 2.40 bits per heavy atom. The molecule has 1 atom stereocenters. The van der Waals surface area contributed by atoms with Crippen LogP contribution in [0.5, 0.6) is 0 Å². The van der Waals surface area contributed by atoms with Crippen LogP contribution in [0.4, 0.5) is 5.82 Å². The molecular formula is C11H13N3O. The van der Waals surface area contributed by atoms with Crippen molar-refractivity contribution in [3.05, 3.63) is 23.9 Å². The second-order valence-corrected chi connectivity index (χ2v) is 3.81. The Kier molecular flexibility index (Phi) is 2.84. The first kappa shape index (κ1) is 9.94. The first-order chi connectivity index (χ1) is 7.29. The van der Waals surface area contributed by atoms with Crippen LogP contribution in [0, 0.1) is 17.2 Å². The van der Waals surface area contributed by atoms with E-state index in [-0.39, 0.29) is 6.10 Å². The summed E-state index contributed by atoms with van der Waals surface area (Å²) in [5.41, 5.74) is 0.390. The van der Waals surface area contributed by atoms with Gasteiger partial charge in [0, 0.05) is 6.54 Å². The molecule has 1 aromatic heterocycles. The molecule has 1 unspecified atom stereocenters. The molecule has 0 saturated heterocycles. The van der Waals surface area contributed by atoms with Crippen molar-refractivity contribution in [3.8, 4) is 6.07 Å². The number of hydrogen-bond acceptors (Lipinski definition) is 4. The van der Waals surface area contributed by atoms with Gasteiger partial charge in [-0.25, -0.2) is 4.98 Å². The summed E-state index contributed by atoms with van der Waals surface area (Å²) in [6, 6.07) is 7.20. The molecule has 0 amide bonds. The molecular weight excluding hydrogens is 190 g/mol. The van der Waals surface area contributed by atoms with Gasteiger partial charge in [0.25, 0.3) is 0 Å². The maximum absolute atomic E-state index is 9.62. The highest BCUT2D eigenvalue weighted by atomic mass is 16.3. The number of rotatable bonds is 4. The summed E-state index contributed by atoms with van der Waals surface area (Å²) in [5.74, 6) is 1.10. The Morgan fingerprint density at radius 1 is 1.60 bits per heavy atom. The van der Waals surface area contributed by atoms with Gasteiger partial charge in [-0.05, 0) is 30.9 Å². The fourth-order valence-corrected chi connectivity index (χ4v) is 1.45. The zero-order valence-electron chi connectivity index (χ0n) is 8.35. The molecule has 1 fully saturated rings. The summed E-state index contributed by atoms with van der Waals surface area (Å²) in [4.78, 5) is 4.06. The third-order valence-corrected chi connectivity index (χ3v) is 2.52. The Labute approximate surface area is 88.6 Å². The molecule has 0 aromatic carbocycles. The van der Waals surface area contributed by atoms with Gasteiger partial charge in [-0.1, -0.05) is 6.07 Å². The number of hydrogen-bond donors (Lipinski definition) is 2. The first-order valence-electron chi connectivity index (χ1n) is 5.08. The molecule has 4 heteroatoms. The van der Waals surface area contributed by atoms with Gasteiger partial charge in [0.15, 0.2) is 0 Å². The van der Waals surface area contributed by atoms with E-state index in [2.05, 4.69) is 10.3 Å². The quantitative estimate of drug-likeness (QED) is 0.769. The molecule has 0 bridgehead atoms. The van der Waals surface area contributed by atoms with E-state index in [1.807, 2.05) is 6.07 Å². The van der Waals surface area contributed by atoms with Crippen LogP contribution in [-0.4, -0.2) is 22.7 Å². The first-order valence-corrected chi connectivity index (χ1v) is 5.08. The lowest BCUT2D eigenvalue weighted by molar-refractivity contribution is 0.164. The van der Waals surface area contributed by atoms with Crippen molar-refractivity contribution < 1.29 is 5.11 Å². The zero-order chi connectivity index (χ0) is 10.7. The number of nitriles is 1. The Balaban J connectivity index is 1.89. The van der Waals surface area contributed by atoms with Gasteiger partial charge < -0.3 is 10.4 Å². The van der Waals surface area contributed by atoms with Crippen LogP contribution < -0.4 is 5.32 Å². The van der Waals surface area contributed by atoms with Crippen molar-refractivity contribution in [2.45, 2.75) is 18.9 Å². The Bertz CT molecular complexity index is 382. The molecule has 0 radical (unpaired) electrons. The van der Waals surface area contributed by atoms with Crippen LogP contribution in [0.1, 0.15) is 18.5 Å². The number of anilines is 1. The summed E-state index contributed by atoms with van der Waals surface area (Å²) in [7, 11) is 0. The predicted octanol–water partition coefficient (Wildman–Crippen LogP) is 1.14. The molecule has 0 aliphatic heterocycles. The molecule has 1 aromatic rings. The van der Waals surface area contributed by atoms with Crippen LogP contribution in [0.2, 0.25) is 0 Å². The van der Waals surface area contributed by atoms with E-state index in [9.17, 15) is 5.11 Å². The van der Waals surface area contributed by atoms with E-state index in [0.29, 0.717) is 24.0 Å². The molecule has 4 nitrogen and oxygen atoms in total. The minimum Gasteiger partial charge on any atom is -0.391 e. The average molecular weight is 203 g/mol. The number of aliphatic hydroxyl groups is 1. The minimum atomic E-state index is -0.294. The second kappa shape index (κ2) is 4.28. The molecule has 2 rings (SSSR count). The van der Waals surface area contributed by atoms with Crippen molar-refractivity contribution in [3.63, 3.8) is 0 Å². The zero-order valence-corrected chi connectivity index (χ0v) is 8.35. The molecule has 1 heterocycles. The van der Waals surface area contributed by atoms with E-state index >= 15 is 0 Å². The van der Waals surface area contributed by atoms with E-state index in [1.54, 1.807) is 18.2 Å². The summed E-state index contributed by atoms with van der Waals surface area (Å²) in [6.07, 6.45) is 1.95. The molecule has 2 N–H and O–H groups in total. The Hall–Kier alpha value is -1.60. The van der Waals surface area contributed by atoms with Crippen molar-refractivity contribution in [2.75, 3.05) is 11.9 Å². The monoisotopic (exact) mass is 203 g/mol.